The summed E-state index contributed by atoms with van der Waals surface area (Å²) >= 11 is 5.08. The first-order valence-corrected chi connectivity index (χ1v) is 6.49. The van der Waals surface area contributed by atoms with Gasteiger partial charge in [0.15, 0.2) is 5.11 Å². The molecule has 0 aromatic heterocycles. The maximum atomic E-state index is 12.9. The molecule has 1 N–H and O–H groups in total. The number of esters is 1. The fourth-order valence-corrected chi connectivity index (χ4v) is 2.30. The van der Waals surface area contributed by atoms with Crippen LogP contribution in [-0.4, -0.2) is 29.6 Å². The number of rotatable bonds is 4. The molecule has 106 valence electrons. The minimum atomic E-state index is -0.771. The molecule has 1 unspecified atom stereocenters. The number of thiocarbonyl (C=S) groups is 1. The Morgan fingerprint density at radius 1 is 1.45 bits per heavy atom. The van der Waals surface area contributed by atoms with Gasteiger partial charge in [-0.3, -0.25) is 9.59 Å². The molecular formula is C13H13FN2O3S. The standard InChI is InChI=1S/C13H13FN2O3S/c1-2-19-11(17)7-10-12(18)15-13(20)16(10)9-5-3-8(14)4-6-9/h3-6,10H,2,7H2,1H3,(H,15,18,20). The largest absolute Gasteiger partial charge is 0.466 e. The molecule has 1 fully saturated rings. The zero-order valence-electron chi connectivity index (χ0n) is 10.8. The zero-order chi connectivity index (χ0) is 14.7. The number of benzene rings is 1. The fraction of sp³-hybridized carbons (Fsp3) is 0.308. The van der Waals surface area contributed by atoms with Gasteiger partial charge < -0.3 is 15.0 Å². The molecule has 1 aliphatic heterocycles. The van der Waals surface area contributed by atoms with Crippen molar-refractivity contribution in [3.8, 4) is 0 Å². The van der Waals surface area contributed by atoms with E-state index in [1.807, 2.05) is 0 Å². The molecule has 0 saturated carbocycles. The summed E-state index contributed by atoms with van der Waals surface area (Å²) < 4.78 is 17.8. The van der Waals surface area contributed by atoms with Crippen LogP contribution in [0.4, 0.5) is 10.1 Å². The number of nitrogens with zero attached hydrogens (tertiary/aromatic N) is 1. The molecule has 1 aliphatic rings. The average Bonchev–Trinajstić information content (AvgIpc) is 2.66. The van der Waals surface area contributed by atoms with E-state index >= 15 is 0 Å². The van der Waals surface area contributed by atoms with Gasteiger partial charge in [0, 0.05) is 5.69 Å². The maximum absolute atomic E-state index is 12.9. The molecule has 2 rings (SSSR count). The molecule has 0 spiro atoms. The van der Waals surface area contributed by atoms with Crippen LogP contribution in [-0.2, 0) is 14.3 Å². The number of carbonyl (C=O) groups is 2. The van der Waals surface area contributed by atoms with Gasteiger partial charge in [-0.15, -0.1) is 0 Å². The van der Waals surface area contributed by atoms with Gasteiger partial charge in [0.25, 0.3) is 0 Å². The molecule has 1 saturated heterocycles. The van der Waals surface area contributed by atoms with E-state index in [1.54, 1.807) is 6.92 Å². The molecule has 1 heterocycles. The first kappa shape index (κ1) is 14.4. The Morgan fingerprint density at radius 2 is 2.10 bits per heavy atom. The first-order chi connectivity index (χ1) is 9.52. The lowest BCUT2D eigenvalue weighted by Crippen LogP contribution is -2.37. The third-order valence-electron chi connectivity index (χ3n) is 2.83. The van der Waals surface area contributed by atoms with Crippen LogP contribution in [0.25, 0.3) is 0 Å². The van der Waals surface area contributed by atoms with Crippen molar-refractivity contribution in [2.45, 2.75) is 19.4 Å². The normalized spacial score (nSPS) is 18.1. The average molecular weight is 296 g/mol. The van der Waals surface area contributed by atoms with E-state index in [2.05, 4.69) is 5.32 Å². The van der Waals surface area contributed by atoms with Crippen LogP contribution >= 0.6 is 12.2 Å². The maximum Gasteiger partial charge on any atom is 0.308 e. The summed E-state index contributed by atoms with van der Waals surface area (Å²) in [6, 6.07) is 4.76. The Hall–Kier alpha value is -2.02. The van der Waals surface area contributed by atoms with Gasteiger partial charge in [0.1, 0.15) is 11.9 Å². The van der Waals surface area contributed by atoms with Gasteiger partial charge in [-0.05, 0) is 43.4 Å². The van der Waals surface area contributed by atoms with Gasteiger partial charge >= 0.3 is 5.97 Å². The molecule has 0 aliphatic carbocycles. The minimum Gasteiger partial charge on any atom is -0.466 e. The Morgan fingerprint density at radius 3 is 2.70 bits per heavy atom. The van der Waals surface area contributed by atoms with Crippen molar-refractivity contribution in [2.75, 3.05) is 11.5 Å². The smallest absolute Gasteiger partial charge is 0.308 e. The second-order valence-electron chi connectivity index (χ2n) is 4.17. The highest BCUT2D eigenvalue weighted by Gasteiger charge is 2.38. The molecule has 1 aromatic carbocycles. The quantitative estimate of drug-likeness (QED) is 0.672. The molecule has 5 nitrogen and oxygen atoms in total. The van der Waals surface area contributed by atoms with Crippen LogP contribution in [0.2, 0.25) is 0 Å². The molecular weight excluding hydrogens is 283 g/mol. The number of hydrogen-bond acceptors (Lipinski definition) is 4. The van der Waals surface area contributed by atoms with Crippen molar-refractivity contribution in [3.05, 3.63) is 30.1 Å². The van der Waals surface area contributed by atoms with Crippen LogP contribution in [0.5, 0.6) is 0 Å². The topological polar surface area (TPSA) is 58.6 Å². The molecule has 1 amide bonds. The van der Waals surface area contributed by atoms with Crippen LogP contribution in [0.1, 0.15) is 13.3 Å². The third kappa shape index (κ3) is 2.93. The van der Waals surface area contributed by atoms with E-state index in [-0.39, 0.29) is 29.9 Å². The second kappa shape index (κ2) is 5.96. The first-order valence-electron chi connectivity index (χ1n) is 6.08. The third-order valence-corrected chi connectivity index (χ3v) is 3.13. The van der Waals surface area contributed by atoms with Gasteiger partial charge in [-0.2, -0.15) is 0 Å². The monoisotopic (exact) mass is 296 g/mol. The number of ether oxygens (including phenoxy) is 1. The number of amides is 1. The van der Waals surface area contributed by atoms with Crippen molar-refractivity contribution in [2.24, 2.45) is 0 Å². The Bertz CT molecular complexity index is 547. The van der Waals surface area contributed by atoms with Crippen molar-refractivity contribution in [1.29, 1.82) is 0 Å². The minimum absolute atomic E-state index is 0.114. The number of hydrogen-bond donors (Lipinski definition) is 1. The molecule has 0 radical (unpaired) electrons. The van der Waals surface area contributed by atoms with E-state index in [4.69, 9.17) is 17.0 Å². The highest BCUT2D eigenvalue weighted by molar-refractivity contribution is 7.80. The van der Waals surface area contributed by atoms with E-state index in [1.165, 1.54) is 29.2 Å². The van der Waals surface area contributed by atoms with Crippen LogP contribution in [0.15, 0.2) is 24.3 Å². The van der Waals surface area contributed by atoms with E-state index in [0.29, 0.717) is 5.69 Å². The molecule has 7 heteroatoms. The molecule has 1 atom stereocenters. The molecule has 20 heavy (non-hydrogen) atoms. The number of carbonyl (C=O) groups excluding carboxylic acids is 2. The van der Waals surface area contributed by atoms with Gasteiger partial charge in [-0.1, -0.05) is 0 Å². The zero-order valence-corrected chi connectivity index (χ0v) is 11.6. The van der Waals surface area contributed by atoms with E-state index in [9.17, 15) is 14.0 Å². The van der Waals surface area contributed by atoms with Crippen LogP contribution in [0.3, 0.4) is 0 Å². The van der Waals surface area contributed by atoms with Crippen molar-refractivity contribution >= 4 is 34.9 Å². The van der Waals surface area contributed by atoms with Crippen molar-refractivity contribution < 1.29 is 18.7 Å². The summed E-state index contributed by atoms with van der Waals surface area (Å²) in [5, 5.41) is 2.69. The van der Waals surface area contributed by atoms with E-state index < -0.39 is 12.0 Å². The second-order valence-corrected chi connectivity index (χ2v) is 4.55. The number of anilines is 1. The summed E-state index contributed by atoms with van der Waals surface area (Å²) in [7, 11) is 0. The Labute approximate surface area is 120 Å². The SMILES string of the molecule is CCOC(=O)CC1C(=O)NC(=S)N1c1ccc(F)cc1. The summed E-state index contributed by atoms with van der Waals surface area (Å²) in [5.41, 5.74) is 0.545. The highest BCUT2D eigenvalue weighted by atomic mass is 32.1. The van der Waals surface area contributed by atoms with Crippen molar-refractivity contribution in [3.63, 3.8) is 0 Å². The summed E-state index contributed by atoms with van der Waals surface area (Å²) in [6.45, 7) is 1.93. The summed E-state index contributed by atoms with van der Waals surface area (Å²) in [5.74, 6) is -1.24. The van der Waals surface area contributed by atoms with Crippen molar-refractivity contribution in [1.82, 2.24) is 5.32 Å². The predicted octanol–water partition coefficient (Wildman–Crippen LogP) is 1.37. The lowest BCUT2D eigenvalue weighted by molar-refractivity contribution is -0.144. The lowest BCUT2D eigenvalue weighted by Gasteiger charge is -2.22. The lowest BCUT2D eigenvalue weighted by atomic mass is 10.1. The Balaban J connectivity index is 2.23. The van der Waals surface area contributed by atoms with Gasteiger partial charge in [0.2, 0.25) is 5.91 Å². The van der Waals surface area contributed by atoms with Gasteiger partial charge in [0.05, 0.1) is 13.0 Å². The molecule has 1 aromatic rings. The number of halogens is 1. The predicted molar refractivity (Wildman–Crippen MR) is 74.7 cm³/mol. The van der Waals surface area contributed by atoms with Crippen LogP contribution in [0, 0.1) is 5.82 Å². The summed E-state index contributed by atoms with van der Waals surface area (Å²) in [6.07, 6.45) is -0.114. The van der Waals surface area contributed by atoms with Gasteiger partial charge in [-0.25, -0.2) is 4.39 Å². The summed E-state index contributed by atoms with van der Waals surface area (Å²) in [4.78, 5) is 24.9. The molecule has 0 bridgehead atoms. The Kier molecular flexibility index (Phi) is 4.29. The van der Waals surface area contributed by atoms with Crippen LogP contribution < -0.4 is 10.2 Å². The highest BCUT2D eigenvalue weighted by Crippen LogP contribution is 2.23. The number of nitrogens with one attached hydrogen (secondary N) is 1. The van der Waals surface area contributed by atoms with E-state index in [0.717, 1.165) is 0 Å². The fourth-order valence-electron chi connectivity index (χ4n) is 1.97.